The van der Waals surface area contributed by atoms with Gasteiger partial charge in [0.1, 0.15) is 24.7 Å². The van der Waals surface area contributed by atoms with Gasteiger partial charge in [-0.05, 0) is 36.4 Å². The van der Waals surface area contributed by atoms with Crippen molar-refractivity contribution in [3.8, 4) is 11.5 Å². The van der Waals surface area contributed by atoms with E-state index in [1.54, 1.807) is 12.1 Å². The Morgan fingerprint density at radius 1 is 0.821 bits per heavy atom. The maximum Gasteiger partial charge on any atom is 0.243 e. The van der Waals surface area contributed by atoms with Crippen LogP contribution < -0.4 is 20.1 Å². The van der Waals surface area contributed by atoms with Gasteiger partial charge in [-0.2, -0.15) is 0 Å². The van der Waals surface area contributed by atoms with Crippen molar-refractivity contribution in [2.75, 3.05) is 30.4 Å². The van der Waals surface area contributed by atoms with Gasteiger partial charge in [-0.1, -0.05) is 48.0 Å². The van der Waals surface area contributed by atoms with E-state index < -0.39 is 0 Å². The number of carbonyl (C=O) groups excluding carboxylic acids is 1. The number of para-hydroxylation sites is 2. The second-order valence-corrected chi connectivity index (χ2v) is 6.33. The summed E-state index contributed by atoms with van der Waals surface area (Å²) < 4.78 is 11.3. The molecule has 0 bridgehead atoms. The average molecular weight is 397 g/mol. The molecular formula is C22H21ClN2O3. The summed E-state index contributed by atoms with van der Waals surface area (Å²) in [7, 11) is 0. The van der Waals surface area contributed by atoms with Crippen molar-refractivity contribution >= 4 is 28.9 Å². The molecule has 0 aliphatic rings. The van der Waals surface area contributed by atoms with Crippen LogP contribution in [0.25, 0.3) is 0 Å². The molecule has 5 nitrogen and oxygen atoms in total. The first-order valence-electron chi connectivity index (χ1n) is 8.90. The molecule has 0 fully saturated rings. The van der Waals surface area contributed by atoms with Crippen molar-refractivity contribution in [1.29, 1.82) is 0 Å². The van der Waals surface area contributed by atoms with Gasteiger partial charge in [0.05, 0.1) is 17.3 Å². The second kappa shape index (κ2) is 10.2. The van der Waals surface area contributed by atoms with E-state index in [0.717, 1.165) is 11.4 Å². The highest BCUT2D eigenvalue weighted by Gasteiger charge is 2.05. The topological polar surface area (TPSA) is 59.6 Å². The van der Waals surface area contributed by atoms with Crippen molar-refractivity contribution < 1.29 is 14.3 Å². The van der Waals surface area contributed by atoms with Crippen LogP contribution in [0.2, 0.25) is 5.02 Å². The maximum atomic E-state index is 12.1. The lowest BCUT2D eigenvalue weighted by Crippen LogP contribution is -2.21. The molecule has 0 heterocycles. The maximum absolute atomic E-state index is 12.1. The molecule has 0 saturated carbocycles. The minimum Gasteiger partial charge on any atom is -0.490 e. The fourth-order valence-corrected chi connectivity index (χ4v) is 2.65. The number of rotatable bonds is 9. The summed E-state index contributed by atoms with van der Waals surface area (Å²) in [5.74, 6) is 1.33. The highest BCUT2D eigenvalue weighted by molar-refractivity contribution is 6.33. The van der Waals surface area contributed by atoms with Gasteiger partial charge >= 0.3 is 0 Å². The Labute approximate surface area is 169 Å². The number of ether oxygens (including phenoxy) is 2. The van der Waals surface area contributed by atoms with E-state index in [-0.39, 0.29) is 12.5 Å². The first kappa shape index (κ1) is 19.6. The molecule has 6 heteroatoms. The molecule has 0 saturated heterocycles. The first-order valence-corrected chi connectivity index (χ1v) is 9.27. The molecule has 2 N–H and O–H groups in total. The summed E-state index contributed by atoms with van der Waals surface area (Å²) in [6, 6.07) is 24.1. The van der Waals surface area contributed by atoms with Gasteiger partial charge in [0.25, 0.3) is 0 Å². The first-order chi connectivity index (χ1) is 13.7. The number of hydrogen-bond donors (Lipinski definition) is 2. The summed E-state index contributed by atoms with van der Waals surface area (Å²) in [6.45, 7) is 0.985. The molecule has 0 aliphatic carbocycles. The number of nitrogens with one attached hydrogen (secondary N) is 2. The van der Waals surface area contributed by atoms with Gasteiger partial charge in [0.15, 0.2) is 0 Å². The van der Waals surface area contributed by atoms with E-state index in [4.69, 9.17) is 21.1 Å². The number of benzene rings is 3. The van der Waals surface area contributed by atoms with E-state index in [1.165, 1.54) is 0 Å². The third kappa shape index (κ3) is 6.21. The van der Waals surface area contributed by atoms with Crippen LogP contribution in [0.15, 0.2) is 78.9 Å². The Kier molecular flexibility index (Phi) is 7.15. The predicted octanol–water partition coefficient (Wildman–Crippen LogP) is 4.85. The van der Waals surface area contributed by atoms with Gasteiger partial charge in [-0.15, -0.1) is 0 Å². The molecular weight excluding hydrogens is 376 g/mol. The van der Waals surface area contributed by atoms with E-state index in [2.05, 4.69) is 10.6 Å². The Bertz CT molecular complexity index is 903. The zero-order valence-electron chi connectivity index (χ0n) is 15.2. The third-order valence-electron chi connectivity index (χ3n) is 3.80. The summed E-state index contributed by atoms with van der Waals surface area (Å²) in [5, 5.41) is 6.35. The molecule has 0 unspecified atom stereocenters. The SMILES string of the molecule is O=C(CNc1cccc(OCCOc2ccccc2)c1)Nc1ccccc1Cl. The second-order valence-electron chi connectivity index (χ2n) is 5.92. The molecule has 0 aliphatic heterocycles. The van der Waals surface area contributed by atoms with Crippen molar-refractivity contribution in [1.82, 2.24) is 0 Å². The Morgan fingerprint density at radius 3 is 2.29 bits per heavy atom. The van der Waals surface area contributed by atoms with Gasteiger partial charge in [-0.25, -0.2) is 0 Å². The van der Waals surface area contributed by atoms with Crippen LogP contribution in [-0.4, -0.2) is 25.7 Å². The van der Waals surface area contributed by atoms with Crippen LogP contribution in [0.3, 0.4) is 0 Å². The van der Waals surface area contributed by atoms with Gasteiger partial charge in [0.2, 0.25) is 5.91 Å². The minimum absolute atomic E-state index is 0.117. The molecule has 3 aromatic carbocycles. The van der Waals surface area contributed by atoms with Gasteiger partial charge in [0, 0.05) is 11.8 Å². The number of carbonyl (C=O) groups is 1. The van der Waals surface area contributed by atoms with E-state index in [9.17, 15) is 4.79 Å². The van der Waals surface area contributed by atoms with Crippen molar-refractivity contribution in [2.45, 2.75) is 0 Å². The third-order valence-corrected chi connectivity index (χ3v) is 4.13. The standard InChI is InChI=1S/C22H21ClN2O3/c23-20-11-4-5-12-21(20)25-22(26)16-24-17-7-6-10-19(15-17)28-14-13-27-18-8-2-1-3-9-18/h1-12,15,24H,13-14,16H2,(H,25,26). The quantitative estimate of drug-likeness (QED) is 0.508. The summed E-state index contributed by atoms with van der Waals surface area (Å²) >= 11 is 6.04. The lowest BCUT2D eigenvalue weighted by molar-refractivity contribution is -0.114. The highest BCUT2D eigenvalue weighted by atomic mass is 35.5. The minimum atomic E-state index is -0.185. The van der Waals surface area contributed by atoms with Crippen LogP contribution in [0.1, 0.15) is 0 Å². The van der Waals surface area contributed by atoms with Crippen LogP contribution in [0, 0.1) is 0 Å². The van der Waals surface area contributed by atoms with Crippen LogP contribution >= 0.6 is 11.6 Å². The highest BCUT2D eigenvalue weighted by Crippen LogP contribution is 2.21. The Hall–Kier alpha value is -3.18. The van der Waals surface area contributed by atoms with Crippen molar-refractivity contribution in [2.24, 2.45) is 0 Å². The molecule has 144 valence electrons. The Morgan fingerprint density at radius 2 is 1.50 bits per heavy atom. The average Bonchev–Trinajstić information content (AvgIpc) is 2.73. The predicted molar refractivity (Wildman–Crippen MR) is 112 cm³/mol. The van der Waals surface area contributed by atoms with E-state index >= 15 is 0 Å². The largest absolute Gasteiger partial charge is 0.490 e. The molecule has 0 aromatic heterocycles. The van der Waals surface area contributed by atoms with E-state index in [0.29, 0.717) is 29.7 Å². The summed E-state index contributed by atoms with van der Waals surface area (Å²) in [4.78, 5) is 12.1. The van der Waals surface area contributed by atoms with Crippen molar-refractivity contribution in [3.63, 3.8) is 0 Å². The lowest BCUT2D eigenvalue weighted by Gasteiger charge is -2.11. The molecule has 0 spiro atoms. The molecule has 3 rings (SSSR count). The Balaban J connectivity index is 1.42. The molecule has 28 heavy (non-hydrogen) atoms. The number of amides is 1. The fourth-order valence-electron chi connectivity index (χ4n) is 2.47. The smallest absolute Gasteiger partial charge is 0.243 e. The van der Waals surface area contributed by atoms with E-state index in [1.807, 2.05) is 66.7 Å². The zero-order valence-corrected chi connectivity index (χ0v) is 16.0. The molecule has 0 radical (unpaired) electrons. The summed E-state index contributed by atoms with van der Waals surface area (Å²) in [6.07, 6.45) is 0. The van der Waals surface area contributed by atoms with Crippen LogP contribution in [0.5, 0.6) is 11.5 Å². The van der Waals surface area contributed by atoms with Gasteiger partial charge < -0.3 is 20.1 Å². The summed E-state index contributed by atoms with van der Waals surface area (Å²) in [5.41, 5.74) is 1.38. The zero-order chi connectivity index (χ0) is 19.6. The molecule has 3 aromatic rings. The van der Waals surface area contributed by atoms with Crippen LogP contribution in [-0.2, 0) is 4.79 Å². The number of hydrogen-bond acceptors (Lipinski definition) is 4. The van der Waals surface area contributed by atoms with Crippen LogP contribution in [0.4, 0.5) is 11.4 Å². The number of halogens is 1. The lowest BCUT2D eigenvalue weighted by atomic mass is 10.3. The molecule has 0 atom stereocenters. The fraction of sp³-hybridized carbons (Fsp3) is 0.136. The molecule has 1 amide bonds. The monoisotopic (exact) mass is 396 g/mol. The van der Waals surface area contributed by atoms with Crippen molar-refractivity contribution in [3.05, 3.63) is 83.9 Å². The normalized spacial score (nSPS) is 10.2. The van der Waals surface area contributed by atoms with Gasteiger partial charge in [-0.3, -0.25) is 4.79 Å². The number of anilines is 2.